The first-order valence-electron chi connectivity index (χ1n) is 10.7. The van der Waals surface area contributed by atoms with Gasteiger partial charge in [-0.25, -0.2) is 9.78 Å². The number of hydrogen-bond donors (Lipinski definition) is 1. The average Bonchev–Trinajstić information content (AvgIpc) is 3.22. The summed E-state index contributed by atoms with van der Waals surface area (Å²) in [7, 11) is 3.19. The average molecular weight is 432 g/mol. The van der Waals surface area contributed by atoms with E-state index in [1.165, 1.54) is 0 Å². The van der Waals surface area contributed by atoms with E-state index in [1.807, 2.05) is 37.6 Å². The van der Waals surface area contributed by atoms with Crippen LogP contribution in [0, 0.1) is 6.92 Å². The molecule has 0 atom stereocenters. The van der Waals surface area contributed by atoms with Crippen molar-refractivity contribution < 1.29 is 19.0 Å². The number of morpholine rings is 1. The van der Waals surface area contributed by atoms with Crippen LogP contribution in [0.15, 0.2) is 30.7 Å². The van der Waals surface area contributed by atoms with Crippen molar-refractivity contribution in [3.8, 4) is 11.5 Å². The highest BCUT2D eigenvalue weighted by Crippen LogP contribution is 2.31. The van der Waals surface area contributed by atoms with Gasteiger partial charge in [-0.2, -0.15) is 0 Å². The van der Waals surface area contributed by atoms with E-state index < -0.39 is 0 Å². The number of hydrogen-bond acceptors (Lipinski definition) is 6. The molecule has 1 aromatic heterocycles. The van der Waals surface area contributed by atoms with Gasteiger partial charge in [0.25, 0.3) is 0 Å². The van der Waals surface area contributed by atoms with Crippen molar-refractivity contribution in [2.45, 2.75) is 19.9 Å². The molecule has 31 heavy (non-hydrogen) atoms. The van der Waals surface area contributed by atoms with Crippen LogP contribution in [0.3, 0.4) is 0 Å². The van der Waals surface area contributed by atoms with Gasteiger partial charge in [0.1, 0.15) is 0 Å². The number of aromatic nitrogens is 2. The molecule has 0 bridgehead atoms. The number of amides is 2. The Bertz CT molecular complexity index is 835. The molecule has 3 rings (SSSR count). The molecule has 2 amide bonds. The molecule has 0 radical (unpaired) electrons. The lowest BCUT2D eigenvalue weighted by atomic mass is 10.2. The Kier molecular flexibility index (Phi) is 8.54. The number of urea groups is 1. The Morgan fingerprint density at radius 3 is 2.65 bits per heavy atom. The molecule has 1 aromatic carbocycles. The minimum atomic E-state index is -0.122. The van der Waals surface area contributed by atoms with E-state index in [-0.39, 0.29) is 6.03 Å². The van der Waals surface area contributed by atoms with Crippen LogP contribution in [0.25, 0.3) is 0 Å². The van der Waals surface area contributed by atoms with Crippen molar-refractivity contribution in [1.29, 1.82) is 0 Å². The molecule has 0 unspecified atom stereocenters. The first-order valence-corrected chi connectivity index (χ1v) is 10.7. The normalized spacial score (nSPS) is 14.3. The Hall–Kier alpha value is -2.78. The number of benzene rings is 1. The molecule has 1 aliphatic heterocycles. The van der Waals surface area contributed by atoms with Crippen LogP contribution >= 0.6 is 0 Å². The fourth-order valence-corrected chi connectivity index (χ4v) is 3.57. The lowest BCUT2D eigenvalue weighted by molar-refractivity contribution is 0.0393. The minimum absolute atomic E-state index is 0.122. The Morgan fingerprint density at radius 1 is 1.19 bits per heavy atom. The van der Waals surface area contributed by atoms with E-state index in [0.717, 1.165) is 57.2 Å². The predicted molar refractivity (Wildman–Crippen MR) is 119 cm³/mol. The molecule has 0 aliphatic carbocycles. The molecule has 1 aliphatic rings. The molecule has 2 aromatic rings. The van der Waals surface area contributed by atoms with Crippen LogP contribution in [0.5, 0.6) is 11.5 Å². The zero-order chi connectivity index (χ0) is 22.1. The summed E-state index contributed by atoms with van der Waals surface area (Å²) in [6.45, 7) is 8.00. The van der Waals surface area contributed by atoms with Crippen molar-refractivity contribution in [3.05, 3.63) is 36.4 Å². The smallest absolute Gasteiger partial charge is 0.321 e. The van der Waals surface area contributed by atoms with Gasteiger partial charge in [0.05, 0.1) is 33.8 Å². The van der Waals surface area contributed by atoms with E-state index in [4.69, 9.17) is 14.2 Å². The highest BCUT2D eigenvalue weighted by molar-refractivity contribution is 5.92. The molecule has 1 N–H and O–H groups in total. The first-order chi connectivity index (χ1) is 15.1. The van der Waals surface area contributed by atoms with Crippen molar-refractivity contribution in [1.82, 2.24) is 19.8 Å². The Morgan fingerprint density at radius 2 is 1.97 bits per heavy atom. The zero-order valence-corrected chi connectivity index (χ0v) is 18.7. The van der Waals surface area contributed by atoms with Crippen molar-refractivity contribution in [2.75, 3.05) is 65.1 Å². The van der Waals surface area contributed by atoms with Crippen molar-refractivity contribution in [2.24, 2.45) is 0 Å². The third kappa shape index (κ3) is 6.35. The molecule has 1 fully saturated rings. The summed E-state index contributed by atoms with van der Waals surface area (Å²) in [6.07, 6.45) is 4.48. The van der Waals surface area contributed by atoms with Gasteiger partial charge in [0.2, 0.25) is 0 Å². The molecule has 2 heterocycles. The zero-order valence-electron chi connectivity index (χ0n) is 18.7. The number of methoxy groups -OCH3 is 2. The monoisotopic (exact) mass is 431 g/mol. The quantitative estimate of drug-likeness (QED) is 0.581. The third-order valence-corrected chi connectivity index (χ3v) is 5.44. The van der Waals surface area contributed by atoms with Crippen LogP contribution in [0.1, 0.15) is 12.1 Å². The van der Waals surface area contributed by atoms with E-state index >= 15 is 0 Å². The summed E-state index contributed by atoms with van der Waals surface area (Å²) in [6, 6.07) is 5.43. The number of nitrogens with zero attached hydrogens (tertiary/aromatic N) is 4. The summed E-state index contributed by atoms with van der Waals surface area (Å²) in [4.78, 5) is 21.3. The maximum absolute atomic E-state index is 13.1. The number of carbonyl (C=O) groups excluding carboxylic acids is 1. The van der Waals surface area contributed by atoms with E-state index in [2.05, 4.69) is 19.8 Å². The standard InChI is InChI=1S/C22H33N5O4/c1-18-16-23-17-26(18)8-4-7-24-22(28)27(10-9-25-11-13-31-14-12-25)19-5-6-20(29-2)21(15-19)30-3/h5-6,15-17H,4,7-14H2,1-3H3,(H,24,28). The van der Waals surface area contributed by atoms with Gasteiger partial charge in [-0.3, -0.25) is 9.80 Å². The number of anilines is 1. The van der Waals surface area contributed by atoms with E-state index in [9.17, 15) is 4.79 Å². The highest BCUT2D eigenvalue weighted by Gasteiger charge is 2.20. The number of imidazole rings is 1. The fourth-order valence-electron chi connectivity index (χ4n) is 3.57. The van der Waals surface area contributed by atoms with Crippen LogP contribution in [0.2, 0.25) is 0 Å². The summed E-state index contributed by atoms with van der Waals surface area (Å²) < 4.78 is 18.3. The summed E-state index contributed by atoms with van der Waals surface area (Å²) in [5.74, 6) is 1.23. The molecule has 0 spiro atoms. The van der Waals surface area contributed by atoms with Crippen molar-refractivity contribution in [3.63, 3.8) is 0 Å². The van der Waals surface area contributed by atoms with Gasteiger partial charge in [-0.1, -0.05) is 0 Å². The largest absolute Gasteiger partial charge is 0.493 e. The van der Waals surface area contributed by atoms with Crippen LogP contribution < -0.4 is 19.7 Å². The summed E-state index contributed by atoms with van der Waals surface area (Å²) >= 11 is 0. The van der Waals surface area contributed by atoms with Crippen LogP contribution in [0.4, 0.5) is 10.5 Å². The van der Waals surface area contributed by atoms with Gasteiger partial charge in [-0.15, -0.1) is 0 Å². The number of ether oxygens (including phenoxy) is 3. The van der Waals surface area contributed by atoms with Gasteiger partial charge in [-0.05, 0) is 25.5 Å². The molecule has 9 nitrogen and oxygen atoms in total. The summed E-state index contributed by atoms with van der Waals surface area (Å²) in [5, 5.41) is 3.05. The lowest BCUT2D eigenvalue weighted by Crippen LogP contribution is -2.46. The molecule has 9 heteroatoms. The fraction of sp³-hybridized carbons (Fsp3) is 0.545. The number of rotatable bonds is 10. The number of aryl methyl sites for hydroxylation is 2. The maximum Gasteiger partial charge on any atom is 0.321 e. The summed E-state index contributed by atoms with van der Waals surface area (Å²) in [5.41, 5.74) is 1.89. The number of nitrogens with one attached hydrogen (secondary N) is 1. The van der Waals surface area contributed by atoms with Gasteiger partial charge >= 0.3 is 6.03 Å². The Balaban J connectivity index is 1.63. The molecule has 1 saturated heterocycles. The number of carbonyl (C=O) groups is 1. The van der Waals surface area contributed by atoms with E-state index in [1.54, 1.807) is 19.1 Å². The van der Waals surface area contributed by atoms with Gasteiger partial charge < -0.3 is 24.1 Å². The predicted octanol–water partition coefficient (Wildman–Crippen LogP) is 2.15. The van der Waals surface area contributed by atoms with E-state index in [0.29, 0.717) is 24.6 Å². The second kappa shape index (κ2) is 11.6. The molecular weight excluding hydrogens is 398 g/mol. The molecular formula is C22H33N5O4. The van der Waals surface area contributed by atoms with Crippen molar-refractivity contribution >= 4 is 11.7 Å². The van der Waals surface area contributed by atoms with Crippen LogP contribution in [-0.4, -0.2) is 80.6 Å². The van der Waals surface area contributed by atoms with Gasteiger partial charge in [0.15, 0.2) is 11.5 Å². The molecule has 0 saturated carbocycles. The maximum atomic E-state index is 13.1. The SMILES string of the molecule is COc1ccc(N(CCN2CCOCC2)C(=O)NCCCn2cncc2C)cc1OC. The highest BCUT2D eigenvalue weighted by atomic mass is 16.5. The second-order valence-corrected chi connectivity index (χ2v) is 7.46. The first kappa shape index (κ1) is 22.9. The second-order valence-electron chi connectivity index (χ2n) is 7.46. The van der Waals surface area contributed by atoms with Crippen LogP contribution in [-0.2, 0) is 11.3 Å². The minimum Gasteiger partial charge on any atom is -0.493 e. The third-order valence-electron chi connectivity index (χ3n) is 5.44. The lowest BCUT2D eigenvalue weighted by Gasteiger charge is -2.30. The van der Waals surface area contributed by atoms with Gasteiger partial charge in [0, 0.05) is 62.9 Å². The molecule has 170 valence electrons. The Labute approximate surface area is 183 Å². The topological polar surface area (TPSA) is 81.1 Å².